The first-order valence-electron chi connectivity index (χ1n) is 6.07. The number of aromatic amines is 1. The molecule has 0 bridgehead atoms. The minimum atomic E-state index is -0.354. The van der Waals surface area contributed by atoms with Gasteiger partial charge in [-0.05, 0) is 18.6 Å². The molecule has 4 nitrogen and oxygen atoms in total. The number of esters is 1. The molecule has 4 heteroatoms. The topological polar surface area (TPSA) is 55.0 Å². The average Bonchev–Trinajstić information content (AvgIpc) is 2.82. The monoisotopic (exact) mass is 246 g/mol. The van der Waals surface area contributed by atoms with Crippen LogP contribution in [0.25, 0.3) is 11.0 Å². The van der Waals surface area contributed by atoms with Gasteiger partial charge in [-0.1, -0.05) is 26.8 Å². The highest BCUT2D eigenvalue weighted by Crippen LogP contribution is 2.27. The Kier molecular flexibility index (Phi) is 3.11. The molecule has 0 saturated carbocycles. The zero-order valence-corrected chi connectivity index (χ0v) is 11.2. The second-order valence-electron chi connectivity index (χ2n) is 5.02. The summed E-state index contributed by atoms with van der Waals surface area (Å²) in [7, 11) is 1.38. The fourth-order valence-corrected chi connectivity index (χ4v) is 1.79. The average molecular weight is 246 g/mol. The van der Waals surface area contributed by atoms with Crippen molar-refractivity contribution in [3.63, 3.8) is 0 Å². The number of imidazole rings is 1. The van der Waals surface area contributed by atoms with Crippen LogP contribution in [0.5, 0.6) is 0 Å². The Balaban J connectivity index is 2.61. The number of aromatic nitrogens is 2. The maximum Gasteiger partial charge on any atom is 0.340 e. The molecule has 0 aliphatic carbocycles. The van der Waals surface area contributed by atoms with Crippen molar-refractivity contribution in [3.8, 4) is 0 Å². The lowest BCUT2D eigenvalue weighted by atomic mass is 9.90. The highest BCUT2D eigenvalue weighted by molar-refractivity contribution is 6.01. The van der Waals surface area contributed by atoms with Crippen LogP contribution in [0.3, 0.4) is 0 Å². The smallest absolute Gasteiger partial charge is 0.340 e. The van der Waals surface area contributed by atoms with Crippen molar-refractivity contribution in [1.29, 1.82) is 0 Å². The van der Waals surface area contributed by atoms with Crippen molar-refractivity contribution < 1.29 is 9.53 Å². The summed E-state index contributed by atoms with van der Waals surface area (Å²) >= 11 is 0. The fourth-order valence-electron chi connectivity index (χ4n) is 1.79. The Labute approximate surface area is 106 Å². The minimum Gasteiger partial charge on any atom is -0.465 e. The van der Waals surface area contributed by atoms with Gasteiger partial charge in [-0.25, -0.2) is 9.78 Å². The molecule has 18 heavy (non-hydrogen) atoms. The standard InChI is InChI=1S/C14H18N2O2/c1-5-14(2,3)13-15-10-8-6-7-9(11(10)16-13)12(17)18-4/h6-8H,5H2,1-4H3,(H,15,16). The van der Waals surface area contributed by atoms with Gasteiger partial charge in [0, 0.05) is 5.41 Å². The molecule has 0 amide bonds. The lowest BCUT2D eigenvalue weighted by Crippen LogP contribution is -2.17. The molecule has 0 unspecified atom stereocenters. The summed E-state index contributed by atoms with van der Waals surface area (Å²) in [6.07, 6.45) is 0.973. The molecule has 1 heterocycles. The SMILES string of the molecule is CCC(C)(C)c1nc2c(C(=O)OC)cccc2[nH]1. The highest BCUT2D eigenvalue weighted by atomic mass is 16.5. The maximum absolute atomic E-state index is 11.7. The molecule has 0 spiro atoms. The van der Waals surface area contributed by atoms with Crippen LogP contribution in [0, 0.1) is 0 Å². The van der Waals surface area contributed by atoms with Gasteiger partial charge in [0.1, 0.15) is 11.3 Å². The van der Waals surface area contributed by atoms with Crippen molar-refractivity contribution >= 4 is 17.0 Å². The summed E-state index contributed by atoms with van der Waals surface area (Å²) in [6.45, 7) is 6.37. The predicted octanol–water partition coefficient (Wildman–Crippen LogP) is 3.04. The van der Waals surface area contributed by atoms with Crippen molar-refractivity contribution in [1.82, 2.24) is 9.97 Å². The van der Waals surface area contributed by atoms with E-state index in [1.165, 1.54) is 7.11 Å². The minimum absolute atomic E-state index is 0.0353. The van der Waals surface area contributed by atoms with Crippen LogP contribution in [-0.4, -0.2) is 23.0 Å². The Morgan fingerprint density at radius 2 is 2.17 bits per heavy atom. The molecule has 2 aromatic rings. The van der Waals surface area contributed by atoms with Crippen LogP contribution in [0.15, 0.2) is 18.2 Å². The second kappa shape index (κ2) is 4.44. The Bertz CT molecular complexity index is 584. The Morgan fingerprint density at radius 3 is 2.78 bits per heavy atom. The molecule has 0 aliphatic heterocycles. The maximum atomic E-state index is 11.7. The number of carbonyl (C=O) groups is 1. The third-order valence-corrected chi connectivity index (χ3v) is 3.44. The largest absolute Gasteiger partial charge is 0.465 e. The molecule has 0 radical (unpaired) electrons. The molecule has 0 atom stereocenters. The number of benzene rings is 1. The van der Waals surface area contributed by atoms with Gasteiger partial charge in [-0.2, -0.15) is 0 Å². The summed E-state index contributed by atoms with van der Waals surface area (Å²) in [6, 6.07) is 5.48. The Morgan fingerprint density at radius 1 is 1.44 bits per heavy atom. The van der Waals surface area contributed by atoms with E-state index in [1.807, 2.05) is 12.1 Å². The molecule has 96 valence electrons. The van der Waals surface area contributed by atoms with Gasteiger partial charge in [-0.3, -0.25) is 0 Å². The molecule has 1 aromatic heterocycles. The van der Waals surface area contributed by atoms with Crippen LogP contribution >= 0.6 is 0 Å². The van der Waals surface area contributed by atoms with E-state index >= 15 is 0 Å². The van der Waals surface area contributed by atoms with E-state index in [9.17, 15) is 4.79 Å². The first-order chi connectivity index (χ1) is 8.49. The van der Waals surface area contributed by atoms with Crippen LogP contribution in [0.2, 0.25) is 0 Å². The van der Waals surface area contributed by atoms with Gasteiger partial charge in [0.05, 0.1) is 18.2 Å². The number of hydrogen-bond donors (Lipinski definition) is 1. The van der Waals surface area contributed by atoms with Crippen LogP contribution in [0.1, 0.15) is 43.4 Å². The number of carbonyl (C=O) groups excluding carboxylic acids is 1. The molecule has 2 rings (SSSR count). The first-order valence-corrected chi connectivity index (χ1v) is 6.07. The van der Waals surface area contributed by atoms with E-state index in [0.717, 1.165) is 17.8 Å². The second-order valence-corrected chi connectivity index (χ2v) is 5.02. The normalized spacial score (nSPS) is 11.8. The number of methoxy groups -OCH3 is 1. The third-order valence-electron chi connectivity index (χ3n) is 3.44. The summed E-state index contributed by atoms with van der Waals surface area (Å²) < 4.78 is 4.77. The van der Waals surface area contributed by atoms with E-state index in [0.29, 0.717) is 11.1 Å². The van der Waals surface area contributed by atoms with Gasteiger partial charge < -0.3 is 9.72 Å². The molecule has 0 fully saturated rings. The number of fused-ring (bicyclic) bond motifs is 1. The van der Waals surface area contributed by atoms with Crippen molar-refractivity contribution in [2.45, 2.75) is 32.6 Å². The quantitative estimate of drug-likeness (QED) is 0.847. The molecule has 1 aromatic carbocycles. The number of H-pyrrole nitrogens is 1. The van der Waals surface area contributed by atoms with E-state index in [4.69, 9.17) is 4.74 Å². The molecule has 1 N–H and O–H groups in total. The number of hydrogen-bond acceptors (Lipinski definition) is 3. The summed E-state index contributed by atoms with van der Waals surface area (Å²) in [4.78, 5) is 19.5. The van der Waals surface area contributed by atoms with Gasteiger partial charge in [0.2, 0.25) is 0 Å². The fraction of sp³-hybridized carbons (Fsp3) is 0.429. The number of nitrogens with one attached hydrogen (secondary N) is 1. The van der Waals surface area contributed by atoms with E-state index in [-0.39, 0.29) is 11.4 Å². The first kappa shape index (κ1) is 12.6. The number of para-hydroxylation sites is 1. The number of rotatable bonds is 3. The predicted molar refractivity (Wildman–Crippen MR) is 70.8 cm³/mol. The summed E-state index contributed by atoms with van der Waals surface area (Å²) in [5, 5.41) is 0. The van der Waals surface area contributed by atoms with Crippen LogP contribution < -0.4 is 0 Å². The number of ether oxygens (including phenoxy) is 1. The zero-order valence-electron chi connectivity index (χ0n) is 11.2. The van der Waals surface area contributed by atoms with Crippen molar-refractivity contribution in [3.05, 3.63) is 29.6 Å². The van der Waals surface area contributed by atoms with E-state index in [1.54, 1.807) is 6.07 Å². The van der Waals surface area contributed by atoms with Crippen LogP contribution in [-0.2, 0) is 10.2 Å². The number of nitrogens with zero attached hydrogens (tertiary/aromatic N) is 1. The van der Waals surface area contributed by atoms with Crippen molar-refractivity contribution in [2.24, 2.45) is 0 Å². The molecule has 0 aliphatic rings. The van der Waals surface area contributed by atoms with Crippen LogP contribution in [0.4, 0.5) is 0 Å². The lowest BCUT2D eigenvalue weighted by molar-refractivity contribution is 0.0603. The molecular weight excluding hydrogens is 228 g/mol. The highest BCUT2D eigenvalue weighted by Gasteiger charge is 2.23. The zero-order chi connectivity index (χ0) is 13.3. The molecular formula is C14H18N2O2. The van der Waals surface area contributed by atoms with E-state index in [2.05, 4.69) is 30.7 Å². The van der Waals surface area contributed by atoms with Gasteiger partial charge in [-0.15, -0.1) is 0 Å². The molecule has 0 saturated heterocycles. The summed E-state index contributed by atoms with van der Waals surface area (Å²) in [5.74, 6) is 0.546. The Hall–Kier alpha value is -1.84. The van der Waals surface area contributed by atoms with Gasteiger partial charge in [0.25, 0.3) is 0 Å². The lowest BCUT2D eigenvalue weighted by Gasteiger charge is -2.18. The summed E-state index contributed by atoms with van der Waals surface area (Å²) in [5.41, 5.74) is 2.02. The third kappa shape index (κ3) is 1.98. The van der Waals surface area contributed by atoms with Gasteiger partial charge >= 0.3 is 5.97 Å². The van der Waals surface area contributed by atoms with Crippen molar-refractivity contribution in [2.75, 3.05) is 7.11 Å². The van der Waals surface area contributed by atoms with E-state index < -0.39 is 0 Å². The van der Waals surface area contributed by atoms with Gasteiger partial charge in [0.15, 0.2) is 0 Å².